The summed E-state index contributed by atoms with van der Waals surface area (Å²) in [7, 11) is 0. The molecule has 2 N–H and O–H groups in total. The maximum Gasteiger partial charge on any atom is 0.252 e. The molecule has 0 amide bonds. The van der Waals surface area contributed by atoms with Gasteiger partial charge in [-0.15, -0.1) is 0 Å². The van der Waals surface area contributed by atoms with Gasteiger partial charge in [0, 0.05) is 43.3 Å². The third-order valence-electron chi connectivity index (χ3n) is 5.14. The molecule has 2 aromatic carbocycles. The molecule has 28 heavy (non-hydrogen) atoms. The number of aliphatic hydroxyl groups excluding tert-OH is 1. The Morgan fingerprint density at radius 1 is 0.929 bits per heavy atom. The summed E-state index contributed by atoms with van der Waals surface area (Å²) in [4.78, 5) is 14.7. The molecule has 5 nitrogen and oxygen atoms in total. The Bertz CT molecular complexity index is 984. The minimum absolute atomic E-state index is 0.121. The minimum Gasteiger partial charge on any atom is -0.390 e. The quantitative estimate of drug-likeness (QED) is 0.695. The highest BCUT2D eigenvalue weighted by Crippen LogP contribution is 2.19. The number of nitrogens with one attached hydrogen (secondary N) is 1. The topological polar surface area (TPSA) is 57.5 Å². The molecule has 0 unspecified atom stereocenters. The molecule has 0 saturated heterocycles. The Morgan fingerprint density at radius 2 is 1.68 bits per heavy atom. The van der Waals surface area contributed by atoms with Crippen molar-refractivity contribution in [1.29, 1.82) is 0 Å². The maximum absolute atomic E-state index is 12.4. The number of hydrogen-bond donors (Lipinski definition) is 2. The van der Waals surface area contributed by atoms with Crippen LogP contribution in [0, 0.1) is 0 Å². The summed E-state index contributed by atoms with van der Waals surface area (Å²) in [6, 6.07) is 21.6. The monoisotopic (exact) mass is 375 g/mol. The van der Waals surface area contributed by atoms with Crippen LogP contribution in [-0.2, 0) is 19.5 Å². The maximum atomic E-state index is 12.4. The van der Waals surface area contributed by atoms with E-state index in [1.807, 2.05) is 36.4 Å². The van der Waals surface area contributed by atoms with E-state index in [2.05, 4.69) is 34.5 Å². The summed E-state index contributed by atoms with van der Waals surface area (Å²) in [6.07, 6.45) is 2.15. The predicted molar refractivity (Wildman–Crippen MR) is 112 cm³/mol. The van der Waals surface area contributed by atoms with E-state index in [4.69, 9.17) is 0 Å². The highest BCUT2D eigenvalue weighted by atomic mass is 16.3. The van der Waals surface area contributed by atoms with Gasteiger partial charge in [-0.2, -0.15) is 0 Å². The van der Waals surface area contributed by atoms with Gasteiger partial charge < -0.3 is 15.0 Å². The van der Waals surface area contributed by atoms with E-state index >= 15 is 0 Å². The molecule has 3 aromatic rings. The highest BCUT2D eigenvalue weighted by molar-refractivity contribution is 5.58. The van der Waals surface area contributed by atoms with Crippen LogP contribution in [0.3, 0.4) is 0 Å². The van der Waals surface area contributed by atoms with Gasteiger partial charge in [0.25, 0.3) is 5.56 Å². The third kappa shape index (κ3) is 4.50. The van der Waals surface area contributed by atoms with Crippen LogP contribution in [0.15, 0.2) is 77.7 Å². The van der Waals surface area contributed by atoms with Gasteiger partial charge in [-0.3, -0.25) is 9.69 Å². The first-order chi connectivity index (χ1) is 13.7. The number of fused-ring (bicyclic) bond motifs is 1. The number of β-amino-alcohol motifs (C(OH)–C–C–N with tert-alkyl or cyclic N) is 1. The first-order valence-corrected chi connectivity index (χ1v) is 9.67. The molecule has 0 bridgehead atoms. The Balaban J connectivity index is 1.36. The van der Waals surface area contributed by atoms with Crippen molar-refractivity contribution in [3.8, 4) is 0 Å². The number of aromatic nitrogens is 1. The second-order valence-electron chi connectivity index (χ2n) is 7.30. The summed E-state index contributed by atoms with van der Waals surface area (Å²) in [5.41, 5.74) is 4.28. The van der Waals surface area contributed by atoms with Crippen LogP contribution in [0.2, 0.25) is 0 Å². The lowest BCUT2D eigenvalue weighted by molar-refractivity contribution is 0.0910. The normalized spacial score (nSPS) is 15.0. The predicted octanol–water partition coefficient (Wildman–Crippen LogP) is 3.01. The fraction of sp³-hybridized carbons (Fsp3) is 0.261. The average molecular weight is 375 g/mol. The number of rotatable bonds is 6. The summed E-state index contributed by atoms with van der Waals surface area (Å²) >= 11 is 0. The molecule has 0 radical (unpaired) electrons. The average Bonchev–Trinajstić information content (AvgIpc) is 2.71. The van der Waals surface area contributed by atoms with Crippen LogP contribution in [0.4, 0.5) is 11.4 Å². The lowest BCUT2D eigenvalue weighted by atomic mass is 10.00. The molecule has 5 heteroatoms. The molecule has 1 aromatic heterocycles. The fourth-order valence-electron chi connectivity index (χ4n) is 3.72. The van der Waals surface area contributed by atoms with Gasteiger partial charge in [0.2, 0.25) is 0 Å². The molecular formula is C23H25N3O2. The molecule has 0 saturated carbocycles. The van der Waals surface area contributed by atoms with E-state index < -0.39 is 6.10 Å². The van der Waals surface area contributed by atoms with E-state index in [1.54, 1.807) is 16.8 Å². The fourth-order valence-corrected chi connectivity index (χ4v) is 3.72. The van der Waals surface area contributed by atoms with Crippen molar-refractivity contribution in [2.75, 3.05) is 18.4 Å². The number of nitrogens with zero attached hydrogens (tertiary/aromatic N) is 2. The molecule has 1 atom stereocenters. The molecule has 2 heterocycles. The van der Waals surface area contributed by atoms with Crippen molar-refractivity contribution in [1.82, 2.24) is 9.47 Å². The number of benzene rings is 2. The lowest BCUT2D eigenvalue weighted by Gasteiger charge is -2.30. The van der Waals surface area contributed by atoms with Gasteiger partial charge in [0.05, 0.1) is 12.6 Å². The molecule has 0 aliphatic carbocycles. The van der Waals surface area contributed by atoms with Gasteiger partial charge in [0.1, 0.15) is 0 Å². The van der Waals surface area contributed by atoms with Crippen LogP contribution in [0.5, 0.6) is 0 Å². The van der Waals surface area contributed by atoms with E-state index in [-0.39, 0.29) is 5.56 Å². The standard InChI is InChI=1S/C23H25N3O2/c27-22(16-25-12-10-18-6-4-5-7-19(18)15-25)17-26-13-11-21(14-23(26)28)24-20-8-2-1-3-9-20/h1-9,11,13-14,22,24,27H,10,12,15-17H2/t22-/m1/s1. The van der Waals surface area contributed by atoms with Gasteiger partial charge in [-0.25, -0.2) is 0 Å². The zero-order valence-corrected chi connectivity index (χ0v) is 15.8. The summed E-state index contributed by atoms with van der Waals surface area (Å²) in [5, 5.41) is 13.7. The van der Waals surface area contributed by atoms with E-state index in [0.29, 0.717) is 13.1 Å². The van der Waals surface area contributed by atoms with Crippen molar-refractivity contribution in [2.24, 2.45) is 0 Å². The van der Waals surface area contributed by atoms with Crippen LogP contribution in [0.25, 0.3) is 0 Å². The third-order valence-corrected chi connectivity index (χ3v) is 5.14. The number of hydrogen-bond acceptors (Lipinski definition) is 4. The molecule has 0 spiro atoms. The number of anilines is 2. The van der Waals surface area contributed by atoms with Crippen LogP contribution < -0.4 is 10.9 Å². The first-order valence-electron chi connectivity index (χ1n) is 9.67. The van der Waals surface area contributed by atoms with Crippen molar-refractivity contribution in [2.45, 2.75) is 25.6 Å². The zero-order chi connectivity index (χ0) is 19.3. The van der Waals surface area contributed by atoms with Crippen LogP contribution in [0.1, 0.15) is 11.1 Å². The number of aliphatic hydroxyl groups is 1. The SMILES string of the molecule is O=c1cc(Nc2ccccc2)ccn1C[C@H](O)CN1CCc2ccccc2C1. The Labute approximate surface area is 164 Å². The van der Waals surface area contributed by atoms with E-state index in [9.17, 15) is 9.90 Å². The zero-order valence-electron chi connectivity index (χ0n) is 15.8. The molecule has 0 fully saturated rings. The molecule has 4 rings (SSSR count). The molecule has 1 aliphatic rings. The summed E-state index contributed by atoms with van der Waals surface area (Å²) < 4.78 is 1.57. The number of para-hydroxylation sites is 1. The smallest absolute Gasteiger partial charge is 0.252 e. The molecular weight excluding hydrogens is 350 g/mol. The largest absolute Gasteiger partial charge is 0.390 e. The van der Waals surface area contributed by atoms with Crippen molar-refractivity contribution in [3.63, 3.8) is 0 Å². The second-order valence-corrected chi connectivity index (χ2v) is 7.30. The minimum atomic E-state index is -0.587. The van der Waals surface area contributed by atoms with Crippen LogP contribution >= 0.6 is 0 Å². The second kappa shape index (κ2) is 8.42. The van der Waals surface area contributed by atoms with Gasteiger partial charge in [-0.1, -0.05) is 42.5 Å². The van der Waals surface area contributed by atoms with Gasteiger partial charge in [-0.05, 0) is 35.7 Å². The number of pyridine rings is 1. The summed E-state index contributed by atoms with van der Waals surface area (Å²) in [5.74, 6) is 0. The molecule has 144 valence electrons. The van der Waals surface area contributed by atoms with Gasteiger partial charge in [0.15, 0.2) is 0 Å². The first kappa shape index (κ1) is 18.5. The van der Waals surface area contributed by atoms with Gasteiger partial charge >= 0.3 is 0 Å². The Kier molecular flexibility index (Phi) is 5.55. The van der Waals surface area contributed by atoms with E-state index in [0.717, 1.165) is 30.9 Å². The Morgan fingerprint density at radius 3 is 2.46 bits per heavy atom. The van der Waals surface area contributed by atoms with Crippen molar-refractivity contribution < 1.29 is 5.11 Å². The highest BCUT2D eigenvalue weighted by Gasteiger charge is 2.18. The Hall–Kier alpha value is -2.89. The van der Waals surface area contributed by atoms with Crippen molar-refractivity contribution in [3.05, 3.63) is 94.4 Å². The van der Waals surface area contributed by atoms with Crippen LogP contribution in [-0.4, -0.2) is 33.8 Å². The summed E-state index contributed by atoms with van der Waals surface area (Å²) in [6.45, 7) is 2.64. The van der Waals surface area contributed by atoms with Crippen molar-refractivity contribution >= 4 is 11.4 Å². The molecule has 1 aliphatic heterocycles. The lowest BCUT2D eigenvalue weighted by Crippen LogP contribution is -2.39. The van der Waals surface area contributed by atoms with E-state index in [1.165, 1.54) is 11.1 Å².